The lowest BCUT2D eigenvalue weighted by molar-refractivity contribution is -0.117. The molecule has 0 radical (unpaired) electrons. The molecule has 3 heterocycles. The van der Waals surface area contributed by atoms with Crippen molar-refractivity contribution in [1.29, 1.82) is 0 Å². The largest absolute Gasteiger partial charge is 0.308 e. The van der Waals surface area contributed by atoms with Crippen LogP contribution in [0.25, 0.3) is 5.65 Å². The van der Waals surface area contributed by atoms with Gasteiger partial charge in [-0.3, -0.25) is 14.4 Å². The minimum Gasteiger partial charge on any atom is -0.308 e. The van der Waals surface area contributed by atoms with E-state index in [2.05, 4.69) is 15.4 Å². The SMILES string of the molecule is CN(CC(=O)Nc1ccn(C)n1)Cc1cnc2ccccn12. The second-order valence-corrected chi connectivity index (χ2v) is 5.27. The number of rotatable bonds is 5. The van der Waals surface area contributed by atoms with Crippen LogP contribution < -0.4 is 5.32 Å². The molecule has 0 saturated heterocycles. The molecular formula is C15H18N6O. The van der Waals surface area contributed by atoms with E-state index in [0.29, 0.717) is 12.4 Å². The molecule has 0 spiro atoms. The molecule has 1 amide bonds. The molecule has 0 aliphatic carbocycles. The smallest absolute Gasteiger partial charge is 0.239 e. The third-order valence-corrected chi connectivity index (χ3v) is 3.32. The molecule has 0 fully saturated rings. The molecule has 0 atom stereocenters. The number of aryl methyl sites for hydroxylation is 1. The van der Waals surface area contributed by atoms with Gasteiger partial charge in [-0.05, 0) is 19.2 Å². The van der Waals surface area contributed by atoms with Crippen molar-refractivity contribution in [2.75, 3.05) is 18.9 Å². The first kappa shape index (κ1) is 14.3. The van der Waals surface area contributed by atoms with E-state index in [0.717, 1.165) is 11.3 Å². The molecule has 1 N–H and O–H groups in total. The number of hydrogen-bond donors (Lipinski definition) is 1. The predicted molar refractivity (Wildman–Crippen MR) is 83.4 cm³/mol. The fourth-order valence-electron chi connectivity index (χ4n) is 2.34. The molecule has 0 saturated carbocycles. The summed E-state index contributed by atoms with van der Waals surface area (Å²) in [4.78, 5) is 18.3. The first-order valence-electron chi connectivity index (χ1n) is 7.01. The number of anilines is 1. The van der Waals surface area contributed by atoms with Gasteiger partial charge < -0.3 is 9.72 Å². The molecule has 3 aromatic heterocycles. The third-order valence-electron chi connectivity index (χ3n) is 3.32. The summed E-state index contributed by atoms with van der Waals surface area (Å²) in [6, 6.07) is 7.64. The van der Waals surface area contributed by atoms with Gasteiger partial charge in [0.15, 0.2) is 5.82 Å². The van der Waals surface area contributed by atoms with Crippen LogP contribution in [0.15, 0.2) is 42.9 Å². The Hall–Kier alpha value is -2.67. The molecular weight excluding hydrogens is 280 g/mol. The van der Waals surface area contributed by atoms with Crippen molar-refractivity contribution >= 4 is 17.4 Å². The van der Waals surface area contributed by atoms with Gasteiger partial charge in [-0.2, -0.15) is 5.10 Å². The highest BCUT2D eigenvalue weighted by Crippen LogP contribution is 2.08. The zero-order chi connectivity index (χ0) is 15.5. The standard InChI is InChI=1S/C15H18N6O/c1-19(11-15(22)17-13-6-8-20(2)18-13)10-12-9-16-14-5-3-4-7-21(12)14/h3-9H,10-11H2,1-2H3,(H,17,18,22). The Balaban J connectivity index is 1.60. The maximum atomic E-state index is 12.0. The highest BCUT2D eigenvalue weighted by atomic mass is 16.2. The Kier molecular flexibility index (Phi) is 3.88. The molecule has 0 aliphatic rings. The van der Waals surface area contributed by atoms with Gasteiger partial charge in [0.1, 0.15) is 5.65 Å². The topological polar surface area (TPSA) is 67.5 Å². The van der Waals surface area contributed by atoms with Crippen molar-refractivity contribution in [3.63, 3.8) is 0 Å². The van der Waals surface area contributed by atoms with E-state index in [1.165, 1.54) is 0 Å². The van der Waals surface area contributed by atoms with Gasteiger partial charge in [0.25, 0.3) is 0 Å². The van der Waals surface area contributed by atoms with Crippen LogP contribution in [0.1, 0.15) is 5.69 Å². The van der Waals surface area contributed by atoms with E-state index in [4.69, 9.17) is 0 Å². The molecule has 3 rings (SSSR count). The van der Waals surface area contributed by atoms with E-state index >= 15 is 0 Å². The number of carbonyl (C=O) groups excluding carboxylic acids is 1. The number of carbonyl (C=O) groups is 1. The van der Waals surface area contributed by atoms with Gasteiger partial charge in [-0.15, -0.1) is 0 Å². The fourth-order valence-corrected chi connectivity index (χ4v) is 2.34. The molecule has 7 heteroatoms. The molecule has 0 aliphatic heterocycles. The van der Waals surface area contributed by atoms with Gasteiger partial charge in [-0.25, -0.2) is 4.98 Å². The zero-order valence-corrected chi connectivity index (χ0v) is 12.6. The van der Waals surface area contributed by atoms with Crippen LogP contribution >= 0.6 is 0 Å². The van der Waals surface area contributed by atoms with Gasteiger partial charge in [0.2, 0.25) is 5.91 Å². The Morgan fingerprint density at radius 2 is 2.18 bits per heavy atom. The molecule has 0 aromatic carbocycles. The lowest BCUT2D eigenvalue weighted by Crippen LogP contribution is -2.30. The highest BCUT2D eigenvalue weighted by molar-refractivity contribution is 5.91. The van der Waals surface area contributed by atoms with Crippen LogP contribution in [-0.2, 0) is 18.4 Å². The van der Waals surface area contributed by atoms with Gasteiger partial charge >= 0.3 is 0 Å². The number of pyridine rings is 1. The van der Waals surface area contributed by atoms with Crippen LogP contribution in [0, 0.1) is 0 Å². The van der Waals surface area contributed by atoms with Crippen molar-refractivity contribution in [3.05, 3.63) is 48.5 Å². The van der Waals surface area contributed by atoms with E-state index in [-0.39, 0.29) is 12.5 Å². The van der Waals surface area contributed by atoms with Crippen molar-refractivity contribution in [2.45, 2.75) is 6.54 Å². The van der Waals surface area contributed by atoms with Crippen molar-refractivity contribution < 1.29 is 4.79 Å². The van der Waals surface area contributed by atoms with Gasteiger partial charge in [0.05, 0.1) is 18.4 Å². The van der Waals surface area contributed by atoms with Crippen molar-refractivity contribution in [3.8, 4) is 0 Å². The summed E-state index contributed by atoms with van der Waals surface area (Å²) < 4.78 is 3.67. The summed E-state index contributed by atoms with van der Waals surface area (Å²) in [5.41, 5.74) is 1.95. The summed E-state index contributed by atoms with van der Waals surface area (Å²) in [5.74, 6) is 0.478. The van der Waals surface area contributed by atoms with E-state index in [1.54, 1.807) is 16.9 Å². The minimum absolute atomic E-state index is 0.0879. The van der Waals surface area contributed by atoms with Crippen LogP contribution in [0.4, 0.5) is 5.82 Å². The average Bonchev–Trinajstić information content (AvgIpc) is 3.06. The summed E-state index contributed by atoms with van der Waals surface area (Å²) in [7, 11) is 3.72. The van der Waals surface area contributed by atoms with Gasteiger partial charge in [-0.1, -0.05) is 6.07 Å². The third kappa shape index (κ3) is 3.15. The number of aromatic nitrogens is 4. The number of hydrogen-bond acceptors (Lipinski definition) is 4. The molecule has 3 aromatic rings. The number of nitrogens with zero attached hydrogens (tertiary/aromatic N) is 5. The summed E-state index contributed by atoms with van der Waals surface area (Å²) in [6.07, 6.45) is 5.60. The Morgan fingerprint density at radius 1 is 1.32 bits per heavy atom. The van der Waals surface area contributed by atoms with Crippen LogP contribution in [0.3, 0.4) is 0 Å². The van der Waals surface area contributed by atoms with E-state index in [1.807, 2.05) is 54.0 Å². The monoisotopic (exact) mass is 298 g/mol. The number of nitrogens with one attached hydrogen (secondary N) is 1. The quantitative estimate of drug-likeness (QED) is 0.767. The second-order valence-electron chi connectivity index (χ2n) is 5.27. The lowest BCUT2D eigenvalue weighted by atomic mass is 10.4. The lowest BCUT2D eigenvalue weighted by Gasteiger charge is -2.15. The van der Waals surface area contributed by atoms with Crippen molar-refractivity contribution in [1.82, 2.24) is 24.1 Å². The number of likely N-dealkylation sites (N-methyl/N-ethyl adjacent to an activating group) is 1. The predicted octanol–water partition coefficient (Wildman–Crippen LogP) is 1.14. The summed E-state index contributed by atoms with van der Waals surface area (Å²) in [6.45, 7) is 0.928. The first-order valence-corrected chi connectivity index (χ1v) is 7.01. The second kappa shape index (κ2) is 5.98. The first-order chi connectivity index (χ1) is 10.6. The zero-order valence-electron chi connectivity index (χ0n) is 12.6. The Labute approximate surface area is 128 Å². The van der Waals surface area contributed by atoms with Crippen LogP contribution in [0.5, 0.6) is 0 Å². The molecule has 7 nitrogen and oxygen atoms in total. The van der Waals surface area contributed by atoms with E-state index < -0.39 is 0 Å². The Bertz CT molecular complexity index is 790. The maximum absolute atomic E-state index is 12.0. The average molecular weight is 298 g/mol. The van der Waals surface area contributed by atoms with Crippen molar-refractivity contribution in [2.24, 2.45) is 7.05 Å². The number of imidazole rings is 1. The van der Waals surface area contributed by atoms with Crippen LogP contribution in [0.2, 0.25) is 0 Å². The van der Waals surface area contributed by atoms with Gasteiger partial charge in [0, 0.05) is 32.1 Å². The fraction of sp³-hybridized carbons (Fsp3) is 0.267. The molecule has 0 bridgehead atoms. The number of amides is 1. The molecule has 114 valence electrons. The van der Waals surface area contributed by atoms with Crippen LogP contribution in [-0.4, -0.2) is 43.6 Å². The molecule has 22 heavy (non-hydrogen) atoms. The highest BCUT2D eigenvalue weighted by Gasteiger charge is 2.11. The Morgan fingerprint density at radius 3 is 2.95 bits per heavy atom. The summed E-state index contributed by atoms with van der Waals surface area (Å²) >= 11 is 0. The van der Waals surface area contributed by atoms with E-state index in [9.17, 15) is 4.79 Å². The number of fused-ring (bicyclic) bond motifs is 1. The molecule has 0 unspecified atom stereocenters. The maximum Gasteiger partial charge on any atom is 0.239 e. The normalized spacial score (nSPS) is 11.2. The summed E-state index contributed by atoms with van der Waals surface area (Å²) in [5, 5.41) is 6.90. The minimum atomic E-state index is -0.0879.